The summed E-state index contributed by atoms with van der Waals surface area (Å²) >= 11 is 19.3. The maximum absolute atomic E-state index is 11.1. The number of ketones is 1. The van der Waals surface area contributed by atoms with E-state index in [0.717, 1.165) is 0 Å². The number of hydrogen-bond donors (Lipinski definition) is 0. The van der Waals surface area contributed by atoms with Gasteiger partial charge in [0.05, 0.1) is 5.33 Å². The van der Waals surface area contributed by atoms with Crippen LogP contribution in [0.3, 0.4) is 0 Å². The third-order valence-corrected chi connectivity index (χ3v) is 2.59. The van der Waals surface area contributed by atoms with Crippen molar-refractivity contribution in [3.8, 4) is 0 Å². The van der Waals surface area contributed by atoms with E-state index in [1.807, 2.05) is 0 Å². The summed E-state index contributed by atoms with van der Waals surface area (Å²) in [6.45, 7) is -0.253. The molecule has 0 aliphatic carbocycles. The van der Waals surface area contributed by atoms with Crippen LogP contribution in [0.1, 0.15) is 25.7 Å². The average Bonchev–Trinajstić information content (AvgIpc) is 2.20. The number of halogens is 4. The van der Waals surface area contributed by atoms with E-state index in [9.17, 15) is 9.59 Å². The second-order valence-corrected chi connectivity index (χ2v) is 6.23. The molecule has 0 unspecified atom stereocenters. The molecule has 0 aliphatic heterocycles. The molecule has 0 radical (unpaired) electrons. The number of carbonyl (C=O) groups excluding carboxylic acids is 2. The highest BCUT2D eigenvalue weighted by Crippen LogP contribution is 2.26. The zero-order chi connectivity index (χ0) is 12.6. The van der Waals surface area contributed by atoms with Crippen LogP contribution in [0.25, 0.3) is 0 Å². The van der Waals surface area contributed by atoms with Gasteiger partial charge in [0, 0.05) is 12.8 Å². The fourth-order valence-corrected chi connectivity index (χ4v) is 1.34. The highest BCUT2D eigenvalue weighted by molar-refractivity contribution is 9.09. The summed E-state index contributed by atoms with van der Waals surface area (Å²) in [4.78, 5) is 22.0. The van der Waals surface area contributed by atoms with Crippen LogP contribution < -0.4 is 0 Å². The van der Waals surface area contributed by atoms with Crippen LogP contribution in [0, 0.1) is 0 Å². The molecule has 0 saturated carbocycles. The van der Waals surface area contributed by atoms with Crippen LogP contribution >= 0.6 is 50.7 Å². The Bertz CT molecular complexity index is 241. The molecule has 0 aliphatic rings. The van der Waals surface area contributed by atoms with Crippen LogP contribution in [0.5, 0.6) is 0 Å². The minimum absolute atomic E-state index is 0.120. The SMILES string of the molecule is O=C(CBr)CCCCC(=O)OCC(Cl)(Cl)Cl. The Hall–Kier alpha value is 0.490. The van der Waals surface area contributed by atoms with Crippen LogP contribution in [0.4, 0.5) is 0 Å². The van der Waals surface area contributed by atoms with E-state index in [-0.39, 0.29) is 18.8 Å². The first kappa shape index (κ1) is 16.5. The maximum Gasteiger partial charge on any atom is 0.305 e. The molecule has 0 fully saturated rings. The molecule has 7 heteroatoms. The molecule has 3 nitrogen and oxygen atoms in total. The molecule has 0 N–H and O–H groups in total. The quantitative estimate of drug-likeness (QED) is 0.400. The van der Waals surface area contributed by atoms with E-state index < -0.39 is 9.76 Å². The van der Waals surface area contributed by atoms with Gasteiger partial charge >= 0.3 is 5.97 Å². The first-order valence-electron chi connectivity index (χ1n) is 4.65. The highest BCUT2D eigenvalue weighted by atomic mass is 79.9. The molecule has 16 heavy (non-hydrogen) atoms. The van der Waals surface area contributed by atoms with Gasteiger partial charge in [-0.05, 0) is 12.8 Å². The molecule has 0 spiro atoms. The van der Waals surface area contributed by atoms with Crippen molar-refractivity contribution in [3.05, 3.63) is 0 Å². The summed E-state index contributed by atoms with van der Waals surface area (Å²) in [5, 5.41) is 0.352. The van der Waals surface area contributed by atoms with E-state index in [0.29, 0.717) is 24.6 Å². The van der Waals surface area contributed by atoms with Crippen LogP contribution in [-0.2, 0) is 14.3 Å². The number of alkyl halides is 4. The molecule has 0 bridgehead atoms. The van der Waals surface area contributed by atoms with Crippen molar-refractivity contribution >= 4 is 62.5 Å². The Labute approximate surface area is 118 Å². The van der Waals surface area contributed by atoms with Crippen molar-refractivity contribution < 1.29 is 14.3 Å². The van der Waals surface area contributed by atoms with Gasteiger partial charge in [-0.2, -0.15) is 0 Å². The summed E-state index contributed by atoms with van der Waals surface area (Å²) in [5.74, 6) is -0.299. The van der Waals surface area contributed by atoms with E-state index in [1.165, 1.54) is 0 Å². The Morgan fingerprint density at radius 3 is 2.19 bits per heavy atom. The lowest BCUT2D eigenvalue weighted by molar-refractivity contribution is -0.143. The zero-order valence-corrected chi connectivity index (χ0v) is 12.3. The fourth-order valence-electron chi connectivity index (χ4n) is 0.893. The number of rotatable bonds is 7. The Balaban J connectivity index is 3.48. The summed E-state index contributed by atoms with van der Waals surface area (Å²) in [6, 6.07) is 0. The van der Waals surface area contributed by atoms with Crippen molar-refractivity contribution in [2.75, 3.05) is 11.9 Å². The molecule has 0 saturated heterocycles. The van der Waals surface area contributed by atoms with Crippen molar-refractivity contribution in [2.24, 2.45) is 0 Å². The molecule has 94 valence electrons. The molecule has 0 amide bonds. The Kier molecular flexibility index (Phi) is 8.82. The van der Waals surface area contributed by atoms with Gasteiger partial charge in [-0.3, -0.25) is 9.59 Å². The van der Waals surface area contributed by atoms with Crippen LogP contribution in [-0.4, -0.2) is 27.5 Å². The predicted octanol–water partition coefficient (Wildman–Crippen LogP) is 3.42. The second kappa shape index (κ2) is 8.56. The van der Waals surface area contributed by atoms with Crippen LogP contribution in [0.15, 0.2) is 0 Å². The molecule has 0 aromatic heterocycles. The topological polar surface area (TPSA) is 43.4 Å². The van der Waals surface area contributed by atoms with E-state index in [2.05, 4.69) is 15.9 Å². The number of hydrogen-bond acceptors (Lipinski definition) is 3. The standard InChI is InChI=1S/C9H12BrCl3O3/c10-5-7(14)3-1-2-4-8(15)16-6-9(11,12)13/h1-6H2. The van der Waals surface area contributed by atoms with Gasteiger partial charge in [0.2, 0.25) is 3.79 Å². The van der Waals surface area contributed by atoms with Crippen molar-refractivity contribution in [1.82, 2.24) is 0 Å². The van der Waals surface area contributed by atoms with Crippen molar-refractivity contribution in [2.45, 2.75) is 29.5 Å². The predicted molar refractivity (Wildman–Crippen MR) is 68.5 cm³/mol. The largest absolute Gasteiger partial charge is 0.461 e. The summed E-state index contributed by atoms with van der Waals surface area (Å²) in [5.41, 5.74) is 0. The Morgan fingerprint density at radius 1 is 1.12 bits per heavy atom. The first-order chi connectivity index (χ1) is 7.35. The highest BCUT2D eigenvalue weighted by Gasteiger charge is 2.21. The number of esters is 1. The summed E-state index contributed by atoms with van der Waals surface area (Å²) < 4.78 is 3.14. The molecule has 0 aromatic carbocycles. The monoisotopic (exact) mass is 352 g/mol. The lowest BCUT2D eigenvalue weighted by Gasteiger charge is -2.10. The minimum atomic E-state index is -1.57. The van der Waals surface area contributed by atoms with Gasteiger partial charge in [0.1, 0.15) is 12.4 Å². The van der Waals surface area contributed by atoms with Gasteiger partial charge in [0.15, 0.2) is 0 Å². The number of unbranched alkanes of at least 4 members (excludes halogenated alkanes) is 1. The minimum Gasteiger partial charge on any atom is -0.461 e. The smallest absolute Gasteiger partial charge is 0.305 e. The van der Waals surface area contributed by atoms with E-state index in [1.54, 1.807) is 0 Å². The van der Waals surface area contributed by atoms with Gasteiger partial charge in [0.25, 0.3) is 0 Å². The van der Waals surface area contributed by atoms with Crippen molar-refractivity contribution in [1.29, 1.82) is 0 Å². The number of carbonyl (C=O) groups is 2. The van der Waals surface area contributed by atoms with Crippen LogP contribution in [0.2, 0.25) is 0 Å². The third-order valence-electron chi connectivity index (χ3n) is 1.63. The first-order valence-corrected chi connectivity index (χ1v) is 6.90. The second-order valence-electron chi connectivity index (χ2n) is 3.16. The zero-order valence-electron chi connectivity index (χ0n) is 8.48. The molecular weight excluding hydrogens is 342 g/mol. The maximum atomic E-state index is 11.1. The lowest BCUT2D eigenvalue weighted by Crippen LogP contribution is -2.17. The van der Waals surface area contributed by atoms with E-state index in [4.69, 9.17) is 39.5 Å². The van der Waals surface area contributed by atoms with Gasteiger partial charge < -0.3 is 4.74 Å². The van der Waals surface area contributed by atoms with E-state index >= 15 is 0 Å². The fraction of sp³-hybridized carbons (Fsp3) is 0.778. The summed E-state index contributed by atoms with van der Waals surface area (Å²) in [7, 11) is 0. The van der Waals surface area contributed by atoms with Gasteiger partial charge in [-0.25, -0.2) is 0 Å². The van der Waals surface area contributed by atoms with Crippen molar-refractivity contribution in [3.63, 3.8) is 0 Å². The number of Topliss-reactive ketones (excluding diaryl/α,β-unsaturated/α-hetero) is 1. The molecule has 0 atom stereocenters. The number of ether oxygens (including phenoxy) is 1. The summed E-state index contributed by atoms with van der Waals surface area (Å²) in [6.07, 6.45) is 1.95. The lowest BCUT2D eigenvalue weighted by atomic mass is 10.1. The molecular formula is C9H12BrCl3O3. The Morgan fingerprint density at radius 2 is 1.69 bits per heavy atom. The normalized spacial score (nSPS) is 11.2. The molecule has 0 aromatic rings. The van der Waals surface area contributed by atoms with Gasteiger partial charge in [-0.15, -0.1) is 0 Å². The third kappa shape index (κ3) is 11.0. The molecule has 0 rings (SSSR count). The average molecular weight is 354 g/mol. The van der Waals surface area contributed by atoms with Gasteiger partial charge in [-0.1, -0.05) is 50.7 Å². The molecule has 0 heterocycles.